The predicted octanol–water partition coefficient (Wildman–Crippen LogP) is 4.32. The number of rotatable bonds is 11. The minimum absolute atomic E-state index is 0.0261. The van der Waals surface area contributed by atoms with Gasteiger partial charge in [0.05, 0.1) is 29.8 Å². The molecule has 2 saturated heterocycles. The third-order valence-corrected chi connectivity index (χ3v) is 9.02. The number of nitrogens with zero attached hydrogens (tertiary/aromatic N) is 2. The molecule has 47 heavy (non-hydrogen) atoms. The number of aromatic amines is 1. The quantitative estimate of drug-likeness (QED) is 0.119. The zero-order chi connectivity index (χ0) is 32.8. The van der Waals surface area contributed by atoms with Gasteiger partial charge >= 0.3 is 5.69 Å². The molecular formula is C35H41N5O7. The smallest absolute Gasteiger partial charge is 0.326 e. The monoisotopic (exact) mass is 643 g/mol. The fourth-order valence-corrected chi connectivity index (χ4v) is 6.53. The third-order valence-electron chi connectivity index (χ3n) is 9.02. The molecule has 0 unspecified atom stereocenters. The molecule has 1 aromatic heterocycles. The van der Waals surface area contributed by atoms with Gasteiger partial charge in [-0.05, 0) is 54.7 Å². The van der Waals surface area contributed by atoms with E-state index in [1.54, 1.807) is 17.6 Å². The lowest BCUT2D eigenvalue weighted by atomic mass is 9.98. The zero-order valence-electron chi connectivity index (χ0n) is 26.1. The Balaban J connectivity index is 1.11. The number of carbonyl (C=O) groups excluding carboxylic acids is 2. The summed E-state index contributed by atoms with van der Waals surface area (Å²) in [6.45, 7) is 2.39. The van der Waals surface area contributed by atoms with Gasteiger partial charge in [0, 0.05) is 56.2 Å². The fraction of sp³-hybridized carbons (Fsp3) is 0.400. The van der Waals surface area contributed by atoms with Gasteiger partial charge in [-0.3, -0.25) is 19.4 Å². The molecule has 2 amide bonds. The first-order chi connectivity index (χ1) is 22.9. The largest absolute Gasteiger partial charge is 0.392 e. The van der Waals surface area contributed by atoms with Crippen LogP contribution in [0.3, 0.4) is 0 Å². The van der Waals surface area contributed by atoms with Gasteiger partial charge in [0.15, 0.2) is 6.29 Å². The maximum Gasteiger partial charge on any atom is 0.326 e. The molecule has 2 aliphatic heterocycles. The van der Waals surface area contributed by atoms with Gasteiger partial charge in [0.2, 0.25) is 11.8 Å². The molecular weight excluding hydrogens is 602 g/mol. The number of hydrogen-bond acceptors (Lipinski definition) is 8. The Morgan fingerprint density at radius 2 is 1.60 bits per heavy atom. The SMILES string of the molecule is O=C(CCCC(=O)Nc1ccc([C@H]2O[C@@H](CN3CCC(n4c(=O)[nH]c5ccccc54)CC3)C[C@@H](c3ccc(CO)cc3)O2)cc1)NO. The number of amides is 2. The molecule has 0 bridgehead atoms. The van der Waals surface area contributed by atoms with Crippen LogP contribution < -0.4 is 16.5 Å². The second-order valence-corrected chi connectivity index (χ2v) is 12.3. The highest BCUT2D eigenvalue weighted by atomic mass is 16.7. The number of H-pyrrole nitrogens is 1. The fourth-order valence-electron chi connectivity index (χ4n) is 6.53. The minimum Gasteiger partial charge on any atom is -0.392 e. The molecule has 3 heterocycles. The highest BCUT2D eigenvalue weighted by Crippen LogP contribution is 2.39. The number of anilines is 1. The molecule has 6 rings (SSSR count). The van der Waals surface area contributed by atoms with Crippen LogP contribution in [0, 0.1) is 0 Å². The number of piperidine rings is 1. The van der Waals surface area contributed by atoms with E-state index in [4.69, 9.17) is 14.7 Å². The average molecular weight is 644 g/mol. The molecule has 12 heteroatoms. The summed E-state index contributed by atoms with van der Waals surface area (Å²) in [7, 11) is 0. The van der Waals surface area contributed by atoms with E-state index in [-0.39, 0.29) is 49.3 Å². The Morgan fingerprint density at radius 1 is 0.894 bits per heavy atom. The van der Waals surface area contributed by atoms with Crippen LogP contribution in [0.4, 0.5) is 5.69 Å². The van der Waals surface area contributed by atoms with E-state index >= 15 is 0 Å². The van der Waals surface area contributed by atoms with Crippen molar-refractivity contribution in [2.24, 2.45) is 0 Å². The minimum atomic E-state index is -0.625. The van der Waals surface area contributed by atoms with Gasteiger partial charge in [0.25, 0.3) is 0 Å². The van der Waals surface area contributed by atoms with Crippen molar-refractivity contribution in [2.75, 3.05) is 25.0 Å². The van der Waals surface area contributed by atoms with E-state index in [0.29, 0.717) is 18.5 Å². The molecule has 12 nitrogen and oxygen atoms in total. The number of imidazole rings is 1. The molecule has 0 spiro atoms. The van der Waals surface area contributed by atoms with Crippen LogP contribution in [0.1, 0.15) is 73.7 Å². The third kappa shape index (κ3) is 7.98. The Hall–Kier alpha value is -4.33. The molecule has 4 aromatic rings. The summed E-state index contributed by atoms with van der Waals surface area (Å²) >= 11 is 0. The van der Waals surface area contributed by atoms with E-state index in [1.165, 1.54) is 0 Å². The summed E-state index contributed by atoms with van der Waals surface area (Å²) in [5.74, 6) is -0.749. The number of hydrogen-bond donors (Lipinski definition) is 5. The lowest BCUT2D eigenvalue weighted by Crippen LogP contribution is -2.43. The van der Waals surface area contributed by atoms with Crippen LogP contribution in [0.15, 0.2) is 77.6 Å². The van der Waals surface area contributed by atoms with E-state index in [1.807, 2.05) is 65.2 Å². The molecule has 2 fully saturated rings. The number of aliphatic hydroxyl groups is 1. The standard InChI is InChI=1S/C35H41N5O7/c41-22-23-8-10-24(11-9-23)31-20-28(21-39-18-16-27(17-19-39)40-30-5-2-1-4-29(30)37-35(40)44)46-34(47-31)25-12-14-26(15-13-25)36-32(42)6-3-7-33(43)38-45/h1-2,4-5,8-15,27-28,31,34,41,45H,3,6-7,16-22H2,(H,36,42)(H,37,44)(H,38,43)/t28-,31+,34+/m1/s1. The maximum atomic E-state index is 12.8. The second-order valence-electron chi connectivity index (χ2n) is 12.3. The van der Waals surface area contributed by atoms with Gasteiger partial charge in [-0.2, -0.15) is 0 Å². The van der Waals surface area contributed by atoms with Crippen molar-refractivity contribution in [2.45, 2.75) is 69.7 Å². The summed E-state index contributed by atoms with van der Waals surface area (Å²) in [6.07, 6.45) is 1.97. The molecule has 2 aliphatic rings. The molecule has 248 valence electrons. The Labute approximate surface area is 272 Å². The number of fused-ring (bicyclic) bond motifs is 1. The van der Waals surface area contributed by atoms with E-state index < -0.39 is 12.2 Å². The van der Waals surface area contributed by atoms with Crippen LogP contribution in [0.5, 0.6) is 0 Å². The van der Waals surface area contributed by atoms with Gasteiger partial charge in [-0.15, -0.1) is 0 Å². The topological polar surface area (TPSA) is 158 Å². The van der Waals surface area contributed by atoms with Crippen molar-refractivity contribution in [3.8, 4) is 0 Å². The van der Waals surface area contributed by atoms with Crippen molar-refractivity contribution in [3.63, 3.8) is 0 Å². The van der Waals surface area contributed by atoms with E-state index in [9.17, 15) is 19.5 Å². The first-order valence-corrected chi connectivity index (χ1v) is 16.1. The number of hydroxylamine groups is 1. The summed E-state index contributed by atoms with van der Waals surface area (Å²) in [4.78, 5) is 41.6. The lowest BCUT2D eigenvalue weighted by molar-refractivity contribution is -0.253. The first-order valence-electron chi connectivity index (χ1n) is 16.1. The number of nitrogens with one attached hydrogen (secondary N) is 3. The summed E-state index contributed by atoms with van der Waals surface area (Å²) in [5.41, 5.74) is 6.59. The van der Waals surface area contributed by atoms with Crippen molar-refractivity contribution < 1.29 is 29.4 Å². The summed E-state index contributed by atoms with van der Waals surface area (Å²) < 4.78 is 14.9. The molecule has 0 saturated carbocycles. The first kappa shape index (κ1) is 32.6. The van der Waals surface area contributed by atoms with Crippen LogP contribution in [0.25, 0.3) is 11.0 Å². The van der Waals surface area contributed by atoms with Gasteiger partial charge in [0.1, 0.15) is 0 Å². The average Bonchev–Trinajstić information content (AvgIpc) is 3.44. The van der Waals surface area contributed by atoms with Crippen LogP contribution in [-0.2, 0) is 25.7 Å². The molecule has 3 atom stereocenters. The second kappa shape index (κ2) is 15.1. The van der Waals surface area contributed by atoms with Crippen LogP contribution in [0.2, 0.25) is 0 Å². The molecule has 0 radical (unpaired) electrons. The van der Waals surface area contributed by atoms with Crippen molar-refractivity contribution >= 4 is 28.5 Å². The molecule has 5 N–H and O–H groups in total. The highest BCUT2D eigenvalue weighted by Gasteiger charge is 2.34. The van der Waals surface area contributed by atoms with Crippen molar-refractivity contribution in [1.29, 1.82) is 0 Å². The summed E-state index contributed by atoms with van der Waals surface area (Å²) in [5, 5.41) is 21.0. The number of aromatic nitrogens is 2. The molecule has 3 aromatic carbocycles. The van der Waals surface area contributed by atoms with Crippen molar-refractivity contribution in [1.82, 2.24) is 19.9 Å². The highest BCUT2D eigenvalue weighted by molar-refractivity contribution is 5.91. The van der Waals surface area contributed by atoms with Gasteiger partial charge < -0.3 is 29.8 Å². The number of aliphatic hydroxyl groups excluding tert-OH is 1. The number of likely N-dealkylation sites (tertiary alicyclic amines) is 1. The number of benzene rings is 3. The Kier molecular flexibility index (Phi) is 10.4. The number of para-hydroxylation sites is 2. The number of carbonyl (C=O) groups is 2. The van der Waals surface area contributed by atoms with Gasteiger partial charge in [-0.1, -0.05) is 48.5 Å². The zero-order valence-corrected chi connectivity index (χ0v) is 26.1. The van der Waals surface area contributed by atoms with Crippen LogP contribution >= 0.6 is 0 Å². The Morgan fingerprint density at radius 3 is 2.32 bits per heavy atom. The van der Waals surface area contributed by atoms with Gasteiger partial charge in [-0.25, -0.2) is 10.3 Å². The van der Waals surface area contributed by atoms with Crippen molar-refractivity contribution in [3.05, 3.63) is 100.0 Å². The number of ether oxygens (including phenoxy) is 2. The lowest BCUT2D eigenvalue weighted by Gasteiger charge is -2.40. The van der Waals surface area contributed by atoms with E-state index in [2.05, 4.69) is 15.2 Å². The van der Waals surface area contributed by atoms with Crippen LogP contribution in [-0.4, -0.2) is 62.3 Å². The normalized spacial score (nSPS) is 20.7. The summed E-state index contributed by atoms with van der Waals surface area (Å²) in [6, 6.07) is 23.1. The predicted molar refractivity (Wildman–Crippen MR) is 175 cm³/mol. The maximum absolute atomic E-state index is 12.8. The Bertz CT molecular complexity index is 1710. The van der Waals surface area contributed by atoms with E-state index in [0.717, 1.165) is 60.2 Å². The molecule has 0 aliphatic carbocycles.